The smallest absolute Gasteiger partial charge is 0.246 e. The van der Waals surface area contributed by atoms with Crippen molar-refractivity contribution in [2.45, 2.75) is 75.7 Å². The fraction of sp³-hybridized carbons (Fsp3) is 0.577. The minimum absolute atomic E-state index is 0.131. The molecule has 5 atom stereocenters. The van der Waals surface area contributed by atoms with Crippen LogP contribution in [0.25, 0.3) is 0 Å². The molecular formula is C26H32ClN3O4. The van der Waals surface area contributed by atoms with Crippen molar-refractivity contribution in [3.63, 3.8) is 0 Å². The van der Waals surface area contributed by atoms with Crippen molar-refractivity contribution < 1.29 is 19.1 Å². The van der Waals surface area contributed by atoms with Gasteiger partial charge in [0.15, 0.2) is 0 Å². The van der Waals surface area contributed by atoms with E-state index in [-0.39, 0.29) is 23.8 Å². The molecule has 2 bridgehead atoms. The standard InChI is InChI=1S/C26H32ClN3O4/c1-2-3-15-30-22(24(32)29-17-7-5-4-6-8-17)26-14-13-19(34-26)20(21(26)25(30)33)23(31)28-18-11-9-16(27)10-12-18/h9-14,17,19-22H,2-8,15H2,1H3,(H,28,31)(H,29,32). The topological polar surface area (TPSA) is 87.7 Å². The molecular weight excluding hydrogens is 454 g/mol. The van der Waals surface area contributed by atoms with Crippen LogP contribution >= 0.6 is 11.6 Å². The van der Waals surface area contributed by atoms with E-state index in [0.29, 0.717) is 17.3 Å². The van der Waals surface area contributed by atoms with Crippen LogP contribution in [0.5, 0.6) is 0 Å². The first-order chi connectivity index (χ1) is 16.4. The van der Waals surface area contributed by atoms with E-state index in [0.717, 1.165) is 38.5 Å². The number of nitrogens with one attached hydrogen (secondary N) is 2. The number of hydrogen-bond donors (Lipinski definition) is 2. The van der Waals surface area contributed by atoms with E-state index in [1.165, 1.54) is 6.42 Å². The Morgan fingerprint density at radius 3 is 2.59 bits per heavy atom. The summed E-state index contributed by atoms with van der Waals surface area (Å²) in [6.07, 6.45) is 10.2. The van der Waals surface area contributed by atoms with Crippen molar-refractivity contribution in [1.82, 2.24) is 10.2 Å². The zero-order chi connectivity index (χ0) is 23.9. The molecule has 3 fully saturated rings. The summed E-state index contributed by atoms with van der Waals surface area (Å²) in [5.74, 6) is -2.01. The number of ether oxygens (including phenoxy) is 1. The summed E-state index contributed by atoms with van der Waals surface area (Å²) in [5.41, 5.74) is -0.494. The maximum absolute atomic E-state index is 13.7. The van der Waals surface area contributed by atoms with E-state index < -0.39 is 29.6 Å². The number of likely N-dealkylation sites (tertiary alicyclic amines) is 1. The Bertz CT molecular complexity index is 990. The van der Waals surface area contributed by atoms with Gasteiger partial charge in [0, 0.05) is 23.3 Å². The molecule has 1 aromatic carbocycles. The predicted octanol–water partition coefficient (Wildman–Crippen LogP) is 3.68. The SMILES string of the molecule is CCCCN1C(=O)C2C(C(=O)Nc3ccc(Cl)cc3)C3C=CC2(O3)C1C(=O)NC1CCCCC1. The summed E-state index contributed by atoms with van der Waals surface area (Å²) in [5, 5.41) is 6.69. The van der Waals surface area contributed by atoms with Gasteiger partial charge in [0.25, 0.3) is 0 Å². The average molecular weight is 486 g/mol. The third-order valence-corrected chi connectivity index (χ3v) is 7.99. The first-order valence-corrected chi connectivity index (χ1v) is 12.9. The number of rotatable bonds is 7. The molecule has 4 aliphatic rings. The minimum atomic E-state index is -1.10. The summed E-state index contributed by atoms with van der Waals surface area (Å²) >= 11 is 5.96. The van der Waals surface area contributed by atoms with Crippen LogP contribution in [0.2, 0.25) is 5.02 Å². The highest BCUT2D eigenvalue weighted by Crippen LogP contribution is 2.55. The highest BCUT2D eigenvalue weighted by atomic mass is 35.5. The molecule has 3 amide bonds. The molecule has 8 heteroatoms. The molecule has 1 spiro atoms. The van der Waals surface area contributed by atoms with Crippen LogP contribution in [0.4, 0.5) is 5.69 Å². The predicted molar refractivity (Wildman–Crippen MR) is 129 cm³/mol. The number of benzene rings is 1. The Labute approximate surface area is 205 Å². The number of nitrogens with zero attached hydrogens (tertiary/aromatic N) is 1. The van der Waals surface area contributed by atoms with E-state index in [9.17, 15) is 14.4 Å². The fourth-order valence-corrected chi connectivity index (χ4v) is 6.25. The highest BCUT2D eigenvalue weighted by Gasteiger charge is 2.72. The molecule has 182 valence electrons. The number of carbonyl (C=O) groups is 3. The van der Waals surface area contributed by atoms with E-state index in [1.807, 2.05) is 12.2 Å². The lowest BCUT2D eigenvalue weighted by Gasteiger charge is -2.34. The lowest BCUT2D eigenvalue weighted by atomic mass is 9.74. The highest BCUT2D eigenvalue weighted by molar-refractivity contribution is 6.30. The Balaban J connectivity index is 1.42. The number of hydrogen-bond acceptors (Lipinski definition) is 4. The quantitative estimate of drug-likeness (QED) is 0.577. The van der Waals surface area contributed by atoms with Crippen LogP contribution in [0.3, 0.4) is 0 Å². The van der Waals surface area contributed by atoms with Crippen LogP contribution in [0.15, 0.2) is 36.4 Å². The Morgan fingerprint density at radius 1 is 1.15 bits per heavy atom. The second-order valence-corrected chi connectivity index (χ2v) is 10.4. The molecule has 0 aromatic heterocycles. The third-order valence-electron chi connectivity index (χ3n) is 7.74. The van der Waals surface area contributed by atoms with Gasteiger partial charge in [-0.2, -0.15) is 0 Å². The van der Waals surface area contributed by atoms with Crippen molar-refractivity contribution in [3.8, 4) is 0 Å². The summed E-state index contributed by atoms with van der Waals surface area (Å²) in [4.78, 5) is 42.4. The molecule has 2 saturated heterocycles. The largest absolute Gasteiger partial charge is 0.359 e. The average Bonchev–Trinajstić information content (AvgIpc) is 3.47. The molecule has 5 rings (SSSR count). The first-order valence-electron chi connectivity index (χ1n) is 12.5. The van der Waals surface area contributed by atoms with Crippen molar-refractivity contribution in [3.05, 3.63) is 41.4 Å². The van der Waals surface area contributed by atoms with Crippen LogP contribution in [-0.4, -0.2) is 53.0 Å². The van der Waals surface area contributed by atoms with Gasteiger partial charge in [0.1, 0.15) is 11.6 Å². The van der Waals surface area contributed by atoms with Gasteiger partial charge in [0.05, 0.1) is 17.9 Å². The Kier molecular flexibility index (Phi) is 6.42. The summed E-state index contributed by atoms with van der Waals surface area (Å²) in [7, 11) is 0. The number of fused-ring (bicyclic) bond motifs is 1. The zero-order valence-corrected chi connectivity index (χ0v) is 20.2. The zero-order valence-electron chi connectivity index (χ0n) is 19.5. The summed E-state index contributed by atoms with van der Waals surface area (Å²) in [6.45, 7) is 2.53. The number of halogens is 1. The van der Waals surface area contributed by atoms with Gasteiger partial charge >= 0.3 is 0 Å². The molecule has 2 N–H and O–H groups in total. The number of unbranched alkanes of at least 4 members (excludes halogenated alkanes) is 1. The molecule has 0 radical (unpaired) electrons. The lowest BCUT2D eigenvalue weighted by molar-refractivity contribution is -0.141. The molecule has 3 aliphatic heterocycles. The van der Waals surface area contributed by atoms with Gasteiger partial charge in [0.2, 0.25) is 17.7 Å². The number of amides is 3. The molecule has 7 nitrogen and oxygen atoms in total. The lowest BCUT2D eigenvalue weighted by Crippen LogP contribution is -2.56. The molecule has 1 saturated carbocycles. The molecule has 34 heavy (non-hydrogen) atoms. The van der Waals surface area contributed by atoms with E-state index >= 15 is 0 Å². The van der Waals surface area contributed by atoms with Gasteiger partial charge in [-0.15, -0.1) is 0 Å². The van der Waals surface area contributed by atoms with Crippen molar-refractivity contribution in [2.24, 2.45) is 11.8 Å². The van der Waals surface area contributed by atoms with E-state index in [1.54, 1.807) is 29.2 Å². The number of carbonyl (C=O) groups excluding carboxylic acids is 3. The summed E-state index contributed by atoms with van der Waals surface area (Å²) < 4.78 is 6.36. The molecule has 5 unspecified atom stereocenters. The fourth-order valence-electron chi connectivity index (χ4n) is 6.12. The Hall–Kier alpha value is -2.38. The minimum Gasteiger partial charge on any atom is -0.359 e. The van der Waals surface area contributed by atoms with Gasteiger partial charge in [-0.3, -0.25) is 14.4 Å². The van der Waals surface area contributed by atoms with Crippen molar-refractivity contribution >= 4 is 35.0 Å². The van der Waals surface area contributed by atoms with Crippen LogP contribution in [0.1, 0.15) is 51.9 Å². The van der Waals surface area contributed by atoms with Crippen LogP contribution in [0, 0.1) is 11.8 Å². The van der Waals surface area contributed by atoms with E-state index in [2.05, 4.69) is 17.6 Å². The Morgan fingerprint density at radius 2 is 1.88 bits per heavy atom. The second-order valence-electron chi connectivity index (χ2n) is 9.93. The van der Waals surface area contributed by atoms with E-state index in [4.69, 9.17) is 16.3 Å². The molecule has 1 aromatic rings. The second kappa shape index (κ2) is 9.34. The monoisotopic (exact) mass is 485 g/mol. The third kappa shape index (κ3) is 3.93. The van der Waals surface area contributed by atoms with Crippen molar-refractivity contribution in [2.75, 3.05) is 11.9 Å². The van der Waals surface area contributed by atoms with Gasteiger partial charge < -0.3 is 20.3 Å². The van der Waals surface area contributed by atoms with Crippen LogP contribution < -0.4 is 10.6 Å². The van der Waals surface area contributed by atoms with Gasteiger partial charge in [-0.1, -0.05) is 56.4 Å². The normalized spacial score (nSPS) is 32.2. The van der Waals surface area contributed by atoms with Gasteiger partial charge in [-0.05, 0) is 43.5 Å². The molecule has 1 aliphatic carbocycles. The number of anilines is 1. The van der Waals surface area contributed by atoms with Gasteiger partial charge in [-0.25, -0.2) is 0 Å². The maximum atomic E-state index is 13.7. The molecule has 3 heterocycles. The summed E-state index contributed by atoms with van der Waals surface area (Å²) in [6, 6.07) is 6.23. The van der Waals surface area contributed by atoms with Crippen molar-refractivity contribution in [1.29, 1.82) is 0 Å². The first kappa shape index (κ1) is 23.4. The maximum Gasteiger partial charge on any atom is 0.246 e. The van der Waals surface area contributed by atoms with Crippen LogP contribution in [-0.2, 0) is 19.1 Å².